The van der Waals surface area contributed by atoms with Gasteiger partial charge in [-0.05, 0) is 34.7 Å². The van der Waals surface area contributed by atoms with Crippen LogP contribution in [-0.4, -0.2) is 13.9 Å². The van der Waals surface area contributed by atoms with Gasteiger partial charge in [0.15, 0.2) is 18.4 Å². The molecular weight excluding hydrogens is 343 g/mol. The third-order valence-electron chi connectivity index (χ3n) is 1.68. The van der Waals surface area contributed by atoms with Crippen LogP contribution in [-0.2, 0) is 10.9 Å². The molecular formula is C9H7F4IO2. The molecule has 0 saturated carbocycles. The van der Waals surface area contributed by atoms with Crippen molar-refractivity contribution in [1.82, 2.24) is 0 Å². The Labute approximate surface area is 103 Å². The van der Waals surface area contributed by atoms with E-state index < -0.39 is 23.3 Å². The van der Waals surface area contributed by atoms with Gasteiger partial charge in [-0.2, -0.15) is 13.2 Å². The van der Waals surface area contributed by atoms with Crippen LogP contribution in [0.25, 0.3) is 0 Å². The largest absolute Gasteiger partial charge is 0.463 e. The van der Waals surface area contributed by atoms with Gasteiger partial charge < -0.3 is 9.47 Å². The SMILES string of the molecule is COCOc1c(I)ccc(C(F)(F)F)c1F. The van der Waals surface area contributed by atoms with Gasteiger partial charge in [-0.25, -0.2) is 4.39 Å². The highest BCUT2D eigenvalue weighted by Gasteiger charge is 2.36. The van der Waals surface area contributed by atoms with E-state index in [1.54, 1.807) is 22.6 Å². The van der Waals surface area contributed by atoms with Crippen LogP contribution in [0.1, 0.15) is 5.56 Å². The molecule has 0 bridgehead atoms. The molecule has 0 fully saturated rings. The minimum atomic E-state index is -4.74. The molecule has 0 radical (unpaired) electrons. The molecule has 0 aromatic heterocycles. The predicted molar refractivity (Wildman–Crippen MR) is 56.6 cm³/mol. The molecule has 0 aliphatic rings. The first-order chi connectivity index (χ1) is 7.38. The summed E-state index contributed by atoms with van der Waals surface area (Å²) in [6, 6.07) is 1.81. The smallest absolute Gasteiger partial charge is 0.419 e. The van der Waals surface area contributed by atoms with Crippen molar-refractivity contribution in [2.24, 2.45) is 0 Å². The molecule has 0 saturated heterocycles. The molecule has 16 heavy (non-hydrogen) atoms. The summed E-state index contributed by atoms with van der Waals surface area (Å²) in [7, 11) is 1.29. The van der Waals surface area contributed by atoms with Crippen molar-refractivity contribution >= 4 is 22.6 Å². The molecule has 2 nitrogen and oxygen atoms in total. The topological polar surface area (TPSA) is 18.5 Å². The van der Waals surface area contributed by atoms with E-state index in [0.717, 1.165) is 6.07 Å². The summed E-state index contributed by atoms with van der Waals surface area (Å²) in [6.45, 7) is -0.311. The summed E-state index contributed by atoms with van der Waals surface area (Å²) in [5.41, 5.74) is -1.35. The third-order valence-corrected chi connectivity index (χ3v) is 2.53. The lowest BCUT2D eigenvalue weighted by atomic mass is 10.2. The quantitative estimate of drug-likeness (QED) is 0.473. The molecule has 0 unspecified atom stereocenters. The predicted octanol–water partition coefficient (Wildman–Crippen LogP) is 3.43. The van der Waals surface area contributed by atoms with Gasteiger partial charge in [0.2, 0.25) is 0 Å². The average Bonchev–Trinajstić information content (AvgIpc) is 2.15. The highest BCUT2D eigenvalue weighted by atomic mass is 127. The lowest BCUT2D eigenvalue weighted by Crippen LogP contribution is -2.11. The van der Waals surface area contributed by atoms with Gasteiger partial charge in [0, 0.05) is 7.11 Å². The number of methoxy groups -OCH3 is 1. The standard InChI is InChI=1S/C9H7F4IO2/c1-15-4-16-8-6(14)3-2-5(7(8)10)9(11,12)13/h2-3H,4H2,1H3. The van der Waals surface area contributed by atoms with Gasteiger partial charge in [-0.1, -0.05) is 0 Å². The molecule has 0 heterocycles. The normalized spacial score (nSPS) is 11.6. The molecule has 0 atom stereocenters. The van der Waals surface area contributed by atoms with E-state index in [9.17, 15) is 17.6 Å². The minimum absolute atomic E-state index is 0.250. The molecule has 0 aliphatic heterocycles. The van der Waals surface area contributed by atoms with Gasteiger partial charge in [-0.15, -0.1) is 0 Å². The van der Waals surface area contributed by atoms with E-state index in [1.165, 1.54) is 7.11 Å². The maximum atomic E-state index is 13.4. The lowest BCUT2D eigenvalue weighted by Gasteiger charge is -2.13. The van der Waals surface area contributed by atoms with Crippen LogP contribution in [0.3, 0.4) is 0 Å². The zero-order chi connectivity index (χ0) is 12.3. The monoisotopic (exact) mass is 350 g/mol. The van der Waals surface area contributed by atoms with E-state index in [0.29, 0.717) is 6.07 Å². The summed E-state index contributed by atoms with van der Waals surface area (Å²) in [4.78, 5) is 0. The molecule has 90 valence electrons. The Morgan fingerprint density at radius 3 is 2.44 bits per heavy atom. The van der Waals surface area contributed by atoms with Crippen LogP contribution in [0.15, 0.2) is 12.1 Å². The maximum Gasteiger partial charge on any atom is 0.419 e. The highest BCUT2D eigenvalue weighted by molar-refractivity contribution is 14.1. The van der Waals surface area contributed by atoms with Gasteiger partial charge in [0.05, 0.1) is 9.13 Å². The Balaban J connectivity index is 3.16. The number of benzene rings is 1. The highest BCUT2D eigenvalue weighted by Crippen LogP contribution is 2.36. The second-order valence-corrected chi connectivity index (χ2v) is 3.95. The molecule has 0 aliphatic carbocycles. The Morgan fingerprint density at radius 1 is 1.31 bits per heavy atom. The Kier molecular flexibility index (Phi) is 4.36. The molecule has 0 amide bonds. The first kappa shape index (κ1) is 13.5. The van der Waals surface area contributed by atoms with Crippen molar-refractivity contribution < 1.29 is 27.0 Å². The van der Waals surface area contributed by atoms with E-state index in [4.69, 9.17) is 4.74 Å². The zero-order valence-corrected chi connectivity index (χ0v) is 10.2. The molecule has 1 aromatic carbocycles. The number of alkyl halides is 3. The number of rotatable bonds is 3. The molecule has 0 spiro atoms. The van der Waals surface area contributed by atoms with E-state index in [1.807, 2.05) is 0 Å². The molecule has 1 rings (SSSR count). The molecule has 0 N–H and O–H groups in total. The summed E-state index contributed by atoms with van der Waals surface area (Å²) in [5.74, 6) is -1.87. The van der Waals surface area contributed by atoms with Crippen LogP contribution >= 0.6 is 22.6 Å². The maximum absolute atomic E-state index is 13.4. The second kappa shape index (κ2) is 5.17. The van der Waals surface area contributed by atoms with Crippen LogP contribution in [0, 0.1) is 9.39 Å². The summed E-state index contributed by atoms with van der Waals surface area (Å²) in [5, 5.41) is 0. The van der Waals surface area contributed by atoms with Crippen molar-refractivity contribution in [1.29, 1.82) is 0 Å². The van der Waals surface area contributed by atoms with E-state index in [-0.39, 0.29) is 10.4 Å². The van der Waals surface area contributed by atoms with Crippen molar-refractivity contribution in [2.75, 3.05) is 13.9 Å². The van der Waals surface area contributed by atoms with Crippen molar-refractivity contribution in [2.45, 2.75) is 6.18 Å². The summed E-state index contributed by atoms with van der Waals surface area (Å²) < 4.78 is 60.0. The minimum Gasteiger partial charge on any atom is -0.463 e. The van der Waals surface area contributed by atoms with Crippen LogP contribution in [0.5, 0.6) is 5.75 Å². The number of halogens is 5. The summed E-state index contributed by atoms with van der Waals surface area (Å²) >= 11 is 1.68. The Bertz CT molecular complexity index is 379. The number of hydrogen-bond donors (Lipinski definition) is 0. The first-order valence-electron chi connectivity index (χ1n) is 4.05. The molecule has 7 heteroatoms. The van der Waals surface area contributed by atoms with Crippen LogP contribution in [0.4, 0.5) is 17.6 Å². The third kappa shape index (κ3) is 2.97. The van der Waals surface area contributed by atoms with Gasteiger partial charge in [0.1, 0.15) is 0 Å². The van der Waals surface area contributed by atoms with Crippen molar-refractivity contribution in [3.63, 3.8) is 0 Å². The van der Waals surface area contributed by atoms with E-state index >= 15 is 0 Å². The van der Waals surface area contributed by atoms with Crippen LogP contribution in [0.2, 0.25) is 0 Å². The lowest BCUT2D eigenvalue weighted by molar-refractivity contribution is -0.140. The van der Waals surface area contributed by atoms with Gasteiger partial charge >= 0.3 is 6.18 Å². The Hall–Kier alpha value is -0.570. The van der Waals surface area contributed by atoms with Crippen molar-refractivity contribution in [3.05, 3.63) is 27.1 Å². The van der Waals surface area contributed by atoms with Crippen LogP contribution < -0.4 is 4.74 Å². The summed E-state index contributed by atoms with van der Waals surface area (Å²) in [6.07, 6.45) is -4.74. The average molecular weight is 350 g/mol. The fraction of sp³-hybridized carbons (Fsp3) is 0.333. The number of ether oxygens (including phenoxy) is 2. The van der Waals surface area contributed by atoms with Crippen molar-refractivity contribution in [3.8, 4) is 5.75 Å². The molecule has 1 aromatic rings. The zero-order valence-electron chi connectivity index (χ0n) is 8.07. The first-order valence-corrected chi connectivity index (χ1v) is 5.12. The Morgan fingerprint density at radius 2 is 1.94 bits per heavy atom. The fourth-order valence-electron chi connectivity index (χ4n) is 1.00. The van der Waals surface area contributed by atoms with E-state index in [2.05, 4.69) is 4.74 Å². The fourth-order valence-corrected chi connectivity index (χ4v) is 1.57. The number of hydrogen-bond acceptors (Lipinski definition) is 2. The van der Waals surface area contributed by atoms with Gasteiger partial charge in [0.25, 0.3) is 0 Å². The second-order valence-electron chi connectivity index (χ2n) is 2.79. The van der Waals surface area contributed by atoms with Gasteiger partial charge in [-0.3, -0.25) is 0 Å².